The molecule has 0 saturated heterocycles. The van der Waals surface area contributed by atoms with Gasteiger partial charge in [0.1, 0.15) is 5.82 Å². The van der Waals surface area contributed by atoms with Crippen molar-refractivity contribution in [2.24, 2.45) is 5.92 Å². The Labute approximate surface area is 122 Å². The lowest BCUT2D eigenvalue weighted by Crippen LogP contribution is -2.14. The molecule has 1 aliphatic rings. The molecule has 1 aromatic carbocycles. The molecule has 2 rings (SSSR count). The normalized spacial score (nSPS) is 18.8. The first-order valence-corrected chi connectivity index (χ1v) is 8.03. The van der Waals surface area contributed by atoms with Crippen LogP contribution in [0.3, 0.4) is 0 Å². The quantitative estimate of drug-likeness (QED) is 0.615. The third kappa shape index (κ3) is 3.96. The highest BCUT2D eigenvalue weighted by Gasteiger charge is 2.19. The van der Waals surface area contributed by atoms with Gasteiger partial charge in [-0.1, -0.05) is 65.7 Å². The minimum Gasteiger partial charge on any atom is -0.207 e. The van der Waals surface area contributed by atoms with E-state index in [0.717, 1.165) is 12.3 Å². The van der Waals surface area contributed by atoms with Gasteiger partial charge in [0.2, 0.25) is 0 Å². The molecule has 0 radical (unpaired) electrons. The summed E-state index contributed by atoms with van der Waals surface area (Å²) in [6, 6.07) is 4.91. The first kappa shape index (κ1) is 14.3. The number of hydrogen-bond acceptors (Lipinski definition) is 0. The Balaban J connectivity index is 1.92. The van der Waals surface area contributed by atoms with Crippen LogP contribution in [0.25, 0.3) is 0 Å². The Morgan fingerprint density at radius 1 is 1.28 bits per heavy atom. The molecular formula is C15H19BrClF. The Bertz CT molecular complexity index is 368. The van der Waals surface area contributed by atoms with E-state index < -0.39 is 0 Å². The van der Waals surface area contributed by atoms with Crippen molar-refractivity contribution in [1.82, 2.24) is 0 Å². The fourth-order valence-electron chi connectivity index (χ4n) is 2.82. The molecule has 1 fully saturated rings. The van der Waals surface area contributed by atoms with Crippen LogP contribution >= 0.6 is 27.5 Å². The van der Waals surface area contributed by atoms with Crippen molar-refractivity contribution < 1.29 is 4.39 Å². The second-order valence-electron chi connectivity index (χ2n) is 5.24. The van der Waals surface area contributed by atoms with E-state index in [1.54, 1.807) is 12.1 Å². The van der Waals surface area contributed by atoms with E-state index in [1.807, 2.05) is 0 Å². The molecule has 0 spiro atoms. The lowest BCUT2D eigenvalue weighted by atomic mass is 9.85. The van der Waals surface area contributed by atoms with Crippen LogP contribution in [0.4, 0.5) is 4.39 Å². The fraction of sp³-hybridized carbons (Fsp3) is 0.600. The van der Waals surface area contributed by atoms with E-state index >= 15 is 0 Å². The van der Waals surface area contributed by atoms with Gasteiger partial charge in [-0.05, 0) is 30.9 Å². The van der Waals surface area contributed by atoms with Crippen molar-refractivity contribution in [2.45, 2.75) is 49.8 Å². The maximum atomic E-state index is 13.7. The van der Waals surface area contributed by atoms with E-state index in [9.17, 15) is 4.39 Å². The number of alkyl halides is 1. The third-order valence-corrected chi connectivity index (χ3v) is 4.85. The predicted octanol–water partition coefficient (Wildman–Crippen LogP) is 5.76. The van der Waals surface area contributed by atoms with Gasteiger partial charge in [-0.15, -0.1) is 0 Å². The first-order valence-electron chi connectivity index (χ1n) is 6.73. The van der Waals surface area contributed by atoms with Crippen LogP contribution in [0.1, 0.15) is 44.1 Å². The molecule has 0 N–H and O–H groups in total. The van der Waals surface area contributed by atoms with Gasteiger partial charge in [-0.25, -0.2) is 4.39 Å². The van der Waals surface area contributed by atoms with Crippen LogP contribution < -0.4 is 0 Å². The Kier molecular flexibility index (Phi) is 5.50. The van der Waals surface area contributed by atoms with Gasteiger partial charge in [0, 0.05) is 15.4 Å². The van der Waals surface area contributed by atoms with Crippen molar-refractivity contribution in [3.8, 4) is 0 Å². The topological polar surface area (TPSA) is 0 Å². The number of benzene rings is 1. The highest BCUT2D eigenvalue weighted by atomic mass is 79.9. The molecule has 0 aromatic heterocycles. The SMILES string of the molecule is Fc1cccc(Cl)c1CC(Br)CC1CCCCC1. The minimum atomic E-state index is -0.185. The van der Waals surface area contributed by atoms with Gasteiger partial charge in [0.05, 0.1) is 0 Å². The van der Waals surface area contributed by atoms with Crippen molar-refractivity contribution in [3.63, 3.8) is 0 Å². The van der Waals surface area contributed by atoms with Crippen LogP contribution in [0.2, 0.25) is 5.02 Å². The second kappa shape index (κ2) is 6.91. The van der Waals surface area contributed by atoms with E-state index in [1.165, 1.54) is 38.2 Å². The van der Waals surface area contributed by atoms with Crippen LogP contribution in [0, 0.1) is 11.7 Å². The van der Waals surface area contributed by atoms with Gasteiger partial charge in [-0.2, -0.15) is 0 Å². The van der Waals surface area contributed by atoms with E-state index in [2.05, 4.69) is 15.9 Å². The lowest BCUT2D eigenvalue weighted by molar-refractivity contribution is 0.336. The Hall–Kier alpha value is -0.0800. The largest absolute Gasteiger partial charge is 0.207 e. The summed E-state index contributed by atoms with van der Waals surface area (Å²) in [6.45, 7) is 0. The fourth-order valence-corrected chi connectivity index (χ4v) is 3.91. The van der Waals surface area contributed by atoms with Gasteiger partial charge < -0.3 is 0 Å². The van der Waals surface area contributed by atoms with E-state index in [-0.39, 0.29) is 5.82 Å². The van der Waals surface area contributed by atoms with Crippen molar-refractivity contribution in [3.05, 3.63) is 34.6 Å². The van der Waals surface area contributed by atoms with E-state index in [4.69, 9.17) is 11.6 Å². The predicted molar refractivity (Wildman–Crippen MR) is 79.0 cm³/mol. The molecule has 100 valence electrons. The molecule has 0 heterocycles. The molecule has 3 heteroatoms. The molecule has 18 heavy (non-hydrogen) atoms. The molecule has 1 unspecified atom stereocenters. The zero-order valence-electron chi connectivity index (χ0n) is 10.5. The third-order valence-electron chi connectivity index (χ3n) is 3.80. The highest BCUT2D eigenvalue weighted by Crippen LogP contribution is 2.31. The average Bonchev–Trinajstić information content (AvgIpc) is 2.35. The summed E-state index contributed by atoms with van der Waals surface area (Å²) in [4.78, 5) is 0.329. The second-order valence-corrected chi connectivity index (χ2v) is 6.94. The molecule has 1 aliphatic carbocycles. The summed E-state index contributed by atoms with van der Waals surface area (Å²) in [6.07, 6.45) is 8.55. The zero-order valence-corrected chi connectivity index (χ0v) is 12.8. The van der Waals surface area contributed by atoms with Crippen molar-refractivity contribution in [2.75, 3.05) is 0 Å². The molecule has 0 bridgehead atoms. The van der Waals surface area contributed by atoms with Gasteiger partial charge in [0.25, 0.3) is 0 Å². The zero-order chi connectivity index (χ0) is 13.0. The monoisotopic (exact) mass is 332 g/mol. The first-order chi connectivity index (χ1) is 8.66. The smallest absolute Gasteiger partial charge is 0.127 e. The van der Waals surface area contributed by atoms with Crippen LogP contribution in [-0.2, 0) is 6.42 Å². The van der Waals surface area contributed by atoms with Crippen LogP contribution in [-0.4, -0.2) is 4.83 Å². The molecule has 1 atom stereocenters. The summed E-state index contributed by atoms with van der Waals surface area (Å²) in [7, 11) is 0. The van der Waals surface area contributed by atoms with Crippen LogP contribution in [0.15, 0.2) is 18.2 Å². The summed E-state index contributed by atoms with van der Waals surface area (Å²) >= 11 is 9.75. The number of rotatable bonds is 4. The number of hydrogen-bond donors (Lipinski definition) is 0. The summed E-state index contributed by atoms with van der Waals surface area (Å²) in [5.41, 5.74) is 0.650. The molecule has 1 aromatic rings. The highest BCUT2D eigenvalue weighted by molar-refractivity contribution is 9.09. The molecule has 0 amide bonds. The summed E-state index contributed by atoms with van der Waals surface area (Å²) in [5.74, 6) is 0.615. The minimum absolute atomic E-state index is 0.185. The lowest BCUT2D eigenvalue weighted by Gasteiger charge is -2.24. The standard InChI is InChI=1S/C15H19BrClF/c16-12(9-11-5-2-1-3-6-11)10-13-14(17)7-4-8-15(13)18/h4,7-8,11-12H,1-3,5-6,9-10H2. The molecule has 1 saturated carbocycles. The van der Waals surface area contributed by atoms with Gasteiger partial charge >= 0.3 is 0 Å². The van der Waals surface area contributed by atoms with Crippen molar-refractivity contribution >= 4 is 27.5 Å². The molecule has 0 aliphatic heterocycles. The number of halogens is 3. The van der Waals surface area contributed by atoms with Gasteiger partial charge in [-0.3, -0.25) is 0 Å². The maximum Gasteiger partial charge on any atom is 0.127 e. The molecular weight excluding hydrogens is 315 g/mol. The Morgan fingerprint density at radius 2 is 2.00 bits per heavy atom. The summed E-state index contributed by atoms with van der Waals surface area (Å²) < 4.78 is 13.7. The average molecular weight is 334 g/mol. The van der Waals surface area contributed by atoms with Gasteiger partial charge in [0.15, 0.2) is 0 Å². The maximum absolute atomic E-state index is 13.7. The van der Waals surface area contributed by atoms with Crippen LogP contribution in [0.5, 0.6) is 0 Å². The van der Waals surface area contributed by atoms with E-state index in [0.29, 0.717) is 21.8 Å². The Morgan fingerprint density at radius 3 is 2.67 bits per heavy atom. The summed E-state index contributed by atoms with van der Waals surface area (Å²) in [5, 5.41) is 0.545. The van der Waals surface area contributed by atoms with Crippen molar-refractivity contribution in [1.29, 1.82) is 0 Å². The molecule has 0 nitrogen and oxygen atoms in total.